The molecule has 0 saturated carbocycles. The van der Waals surface area contributed by atoms with Gasteiger partial charge in [-0.25, -0.2) is 0 Å². The Labute approximate surface area is 99.5 Å². The molecule has 0 unspecified atom stereocenters. The summed E-state index contributed by atoms with van der Waals surface area (Å²) in [5, 5.41) is 0. The largest absolute Gasteiger partial charge is 0.586 e. The first kappa shape index (κ1) is 12.1. The second-order valence-electron chi connectivity index (χ2n) is 4.96. The number of benzene rings is 1. The van der Waals surface area contributed by atoms with Gasteiger partial charge in [-0.2, -0.15) is 0 Å². The maximum atomic E-state index is 12.9. The zero-order valence-electron chi connectivity index (χ0n) is 10.2. The minimum Gasteiger partial charge on any atom is -0.395 e. The molecule has 0 bridgehead atoms. The molecule has 0 spiro atoms. The van der Waals surface area contributed by atoms with E-state index in [2.05, 4.69) is 30.2 Å². The third kappa shape index (κ3) is 2.35. The van der Waals surface area contributed by atoms with Crippen molar-refractivity contribution in [3.63, 3.8) is 0 Å². The fraction of sp³-hybridized carbons (Fsp3) is 0.538. The molecule has 0 aliphatic carbocycles. The zero-order chi connectivity index (χ0) is 12.7. The molecule has 0 atom stereocenters. The standard InChI is InChI=1S/C13H16F2O2/c1-4-7-12(2,3)9-5-6-10-11(8-9)17-13(14,15)16-10/h5-6,8H,4,7H2,1-3H3. The third-order valence-electron chi connectivity index (χ3n) is 3.06. The van der Waals surface area contributed by atoms with Crippen molar-refractivity contribution in [2.24, 2.45) is 0 Å². The summed E-state index contributed by atoms with van der Waals surface area (Å²) >= 11 is 0. The lowest BCUT2D eigenvalue weighted by Gasteiger charge is -2.24. The van der Waals surface area contributed by atoms with Crippen LogP contribution in [0.25, 0.3) is 0 Å². The fourth-order valence-corrected chi connectivity index (χ4v) is 2.14. The maximum absolute atomic E-state index is 12.9. The molecule has 0 aromatic heterocycles. The van der Waals surface area contributed by atoms with Crippen LogP contribution in [0, 0.1) is 0 Å². The van der Waals surface area contributed by atoms with Gasteiger partial charge in [-0.1, -0.05) is 33.3 Å². The summed E-state index contributed by atoms with van der Waals surface area (Å²) in [5.41, 5.74) is 0.935. The summed E-state index contributed by atoms with van der Waals surface area (Å²) in [5.74, 6) is 0.225. The Balaban J connectivity index is 2.30. The van der Waals surface area contributed by atoms with Crippen LogP contribution in [-0.2, 0) is 5.41 Å². The molecule has 1 heterocycles. The molecular weight excluding hydrogens is 226 g/mol. The SMILES string of the molecule is CCCC(C)(C)c1ccc2c(c1)OC(F)(F)O2. The van der Waals surface area contributed by atoms with Crippen molar-refractivity contribution in [2.75, 3.05) is 0 Å². The van der Waals surface area contributed by atoms with Gasteiger partial charge in [0.2, 0.25) is 0 Å². The summed E-state index contributed by atoms with van der Waals surface area (Å²) in [6.07, 6.45) is -1.50. The highest BCUT2D eigenvalue weighted by molar-refractivity contribution is 5.46. The summed E-state index contributed by atoms with van der Waals surface area (Å²) in [6.45, 7) is 6.28. The van der Waals surface area contributed by atoms with Crippen LogP contribution in [-0.4, -0.2) is 6.29 Å². The first-order chi connectivity index (χ1) is 7.84. The lowest BCUT2D eigenvalue weighted by molar-refractivity contribution is -0.286. The lowest BCUT2D eigenvalue weighted by atomic mass is 9.80. The molecule has 0 fully saturated rings. The highest BCUT2D eigenvalue weighted by Gasteiger charge is 2.43. The van der Waals surface area contributed by atoms with Gasteiger partial charge in [-0.3, -0.25) is 0 Å². The number of rotatable bonds is 3. The minimum atomic E-state index is -3.53. The molecule has 94 valence electrons. The van der Waals surface area contributed by atoms with Crippen molar-refractivity contribution in [3.8, 4) is 11.5 Å². The van der Waals surface area contributed by atoms with Crippen molar-refractivity contribution in [1.82, 2.24) is 0 Å². The molecular formula is C13H16F2O2. The van der Waals surface area contributed by atoms with Crippen molar-refractivity contribution in [1.29, 1.82) is 0 Å². The Morgan fingerprint density at radius 3 is 2.47 bits per heavy atom. The monoisotopic (exact) mass is 242 g/mol. The molecule has 1 aliphatic heterocycles. The van der Waals surface area contributed by atoms with E-state index >= 15 is 0 Å². The fourth-order valence-electron chi connectivity index (χ4n) is 2.14. The molecule has 1 aliphatic rings. The second-order valence-corrected chi connectivity index (χ2v) is 4.96. The lowest BCUT2D eigenvalue weighted by Crippen LogP contribution is -2.26. The average Bonchev–Trinajstić information content (AvgIpc) is 2.50. The van der Waals surface area contributed by atoms with Crippen molar-refractivity contribution >= 4 is 0 Å². The van der Waals surface area contributed by atoms with Gasteiger partial charge in [0.1, 0.15) is 0 Å². The Hall–Kier alpha value is -1.32. The normalized spacial score (nSPS) is 17.2. The first-order valence-corrected chi connectivity index (χ1v) is 5.74. The number of fused-ring (bicyclic) bond motifs is 1. The van der Waals surface area contributed by atoms with Crippen molar-refractivity contribution in [2.45, 2.75) is 45.3 Å². The Kier molecular flexibility index (Phi) is 2.76. The number of hydrogen-bond acceptors (Lipinski definition) is 2. The van der Waals surface area contributed by atoms with Crippen molar-refractivity contribution in [3.05, 3.63) is 23.8 Å². The van der Waals surface area contributed by atoms with E-state index in [4.69, 9.17) is 0 Å². The Bertz CT molecular complexity index is 427. The van der Waals surface area contributed by atoms with Gasteiger partial charge in [-0.15, -0.1) is 8.78 Å². The van der Waals surface area contributed by atoms with E-state index in [-0.39, 0.29) is 16.9 Å². The number of alkyl halides is 2. The van der Waals surface area contributed by atoms with Gasteiger partial charge < -0.3 is 9.47 Å². The van der Waals surface area contributed by atoms with E-state index in [1.165, 1.54) is 0 Å². The van der Waals surface area contributed by atoms with Gasteiger partial charge in [0.25, 0.3) is 0 Å². The van der Waals surface area contributed by atoms with Crippen LogP contribution in [0.1, 0.15) is 39.2 Å². The van der Waals surface area contributed by atoms with Crippen LogP contribution in [0.3, 0.4) is 0 Å². The van der Waals surface area contributed by atoms with E-state index in [1.54, 1.807) is 12.1 Å². The van der Waals surface area contributed by atoms with Crippen LogP contribution < -0.4 is 9.47 Å². The second kappa shape index (κ2) is 3.86. The van der Waals surface area contributed by atoms with E-state index in [0.717, 1.165) is 18.4 Å². The number of halogens is 2. The highest BCUT2D eigenvalue weighted by atomic mass is 19.3. The van der Waals surface area contributed by atoms with E-state index in [0.29, 0.717) is 0 Å². The predicted molar refractivity (Wildman–Crippen MR) is 60.6 cm³/mol. The Morgan fingerprint density at radius 1 is 1.18 bits per heavy atom. The summed E-state index contributed by atoms with van der Waals surface area (Å²) in [6, 6.07) is 5.01. The van der Waals surface area contributed by atoms with Gasteiger partial charge in [-0.05, 0) is 29.5 Å². The van der Waals surface area contributed by atoms with Gasteiger partial charge >= 0.3 is 6.29 Å². The van der Waals surface area contributed by atoms with Crippen LogP contribution in [0.15, 0.2) is 18.2 Å². The molecule has 1 aromatic carbocycles. The molecule has 1 aromatic rings. The van der Waals surface area contributed by atoms with E-state index in [9.17, 15) is 8.78 Å². The van der Waals surface area contributed by atoms with E-state index < -0.39 is 6.29 Å². The maximum Gasteiger partial charge on any atom is 0.586 e. The van der Waals surface area contributed by atoms with Gasteiger partial charge in [0.05, 0.1) is 0 Å². The first-order valence-electron chi connectivity index (χ1n) is 5.74. The van der Waals surface area contributed by atoms with Crippen LogP contribution in [0.4, 0.5) is 8.78 Å². The third-order valence-corrected chi connectivity index (χ3v) is 3.06. The number of hydrogen-bond donors (Lipinski definition) is 0. The molecule has 0 amide bonds. The molecule has 2 nitrogen and oxygen atoms in total. The average molecular weight is 242 g/mol. The van der Waals surface area contributed by atoms with Crippen LogP contribution >= 0.6 is 0 Å². The quantitative estimate of drug-likeness (QED) is 0.794. The zero-order valence-corrected chi connectivity index (χ0v) is 10.2. The Morgan fingerprint density at radius 2 is 1.82 bits per heavy atom. The topological polar surface area (TPSA) is 18.5 Å². The highest BCUT2D eigenvalue weighted by Crippen LogP contribution is 2.43. The van der Waals surface area contributed by atoms with E-state index in [1.807, 2.05) is 6.07 Å². The molecule has 17 heavy (non-hydrogen) atoms. The molecule has 0 saturated heterocycles. The smallest absolute Gasteiger partial charge is 0.395 e. The van der Waals surface area contributed by atoms with Crippen LogP contribution in [0.2, 0.25) is 0 Å². The van der Waals surface area contributed by atoms with Gasteiger partial charge in [0, 0.05) is 0 Å². The minimum absolute atomic E-state index is 0.0506. The summed E-state index contributed by atoms with van der Waals surface area (Å²) in [4.78, 5) is 0. The molecule has 2 rings (SSSR count). The predicted octanol–water partition coefficient (Wildman–Crippen LogP) is 4.09. The molecule has 0 radical (unpaired) electrons. The van der Waals surface area contributed by atoms with Crippen molar-refractivity contribution < 1.29 is 18.3 Å². The van der Waals surface area contributed by atoms with Crippen LogP contribution in [0.5, 0.6) is 11.5 Å². The molecule has 0 N–H and O–H groups in total. The summed E-state index contributed by atoms with van der Waals surface area (Å²) < 4.78 is 34.6. The number of ether oxygens (including phenoxy) is 2. The molecule has 4 heteroatoms. The summed E-state index contributed by atoms with van der Waals surface area (Å²) in [7, 11) is 0. The van der Waals surface area contributed by atoms with Gasteiger partial charge in [0.15, 0.2) is 11.5 Å².